The number of hydrogen-bond acceptors (Lipinski definition) is 4. The van der Waals surface area contributed by atoms with Crippen LogP contribution in [0, 0.1) is 13.8 Å². The first-order chi connectivity index (χ1) is 13.5. The molecule has 3 heterocycles. The van der Waals surface area contributed by atoms with Gasteiger partial charge in [-0.25, -0.2) is 9.67 Å². The number of benzene rings is 1. The Morgan fingerprint density at radius 2 is 1.71 bits per heavy atom. The van der Waals surface area contributed by atoms with Gasteiger partial charge in [-0.05, 0) is 49.9 Å². The Hall–Kier alpha value is -2.96. The van der Waals surface area contributed by atoms with Crippen molar-refractivity contribution in [2.45, 2.75) is 46.1 Å². The van der Waals surface area contributed by atoms with Gasteiger partial charge in [0.05, 0.1) is 11.9 Å². The average molecular weight is 379 g/mol. The minimum atomic E-state index is -0.233. The molecule has 28 heavy (non-hydrogen) atoms. The van der Waals surface area contributed by atoms with Gasteiger partial charge in [0, 0.05) is 13.1 Å². The summed E-state index contributed by atoms with van der Waals surface area (Å²) in [4.78, 5) is 31.8. The summed E-state index contributed by atoms with van der Waals surface area (Å²) < 4.78 is 3.07. The molecule has 1 amide bonds. The number of likely N-dealkylation sites (tertiary alicyclic amines) is 1. The smallest absolute Gasteiger partial charge is 0.264 e. The van der Waals surface area contributed by atoms with E-state index in [4.69, 9.17) is 0 Å². The van der Waals surface area contributed by atoms with E-state index >= 15 is 0 Å². The zero-order valence-corrected chi connectivity index (χ0v) is 16.4. The zero-order valence-electron chi connectivity index (χ0n) is 16.4. The summed E-state index contributed by atoms with van der Waals surface area (Å²) in [5, 5.41) is 4.80. The molecule has 146 valence electrons. The minimum absolute atomic E-state index is 0.0214. The Kier molecular flexibility index (Phi) is 4.98. The molecule has 3 aromatic rings. The highest BCUT2D eigenvalue weighted by molar-refractivity contribution is 5.78. The molecule has 0 aliphatic carbocycles. The number of nitrogens with zero attached hydrogens (tertiary/aromatic N) is 5. The Morgan fingerprint density at radius 3 is 2.39 bits per heavy atom. The maximum atomic E-state index is 12.9. The molecule has 1 saturated heterocycles. The van der Waals surface area contributed by atoms with E-state index in [9.17, 15) is 9.59 Å². The van der Waals surface area contributed by atoms with Crippen LogP contribution in [0.1, 0.15) is 36.8 Å². The van der Waals surface area contributed by atoms with Crippen molar-refractivity contribution in [3.05, 3.63) is 52.2 Å². The van der Waals surface area contributed by atoms with Crippen molar-refractivity contribution in [2.75, 3.05) is 13.1 Å². The molecule has 0 saturated carbocycles. The highest BCUT2D eigenvalue weighted by Crippen LogP contribution is 2.17. The number of aromatic nitrogens is 4. The summed E-state index contributed by atoms with van der Waals surface area (Å²) >= 11 is 0. The largest absolute Gasteiger partial charge is 0.341 e. The van der Waals surface area contributed by atoms with Crippen LogP contribution in [0.25, 0.3) is 16.7 Å². The first-order valence-electron chi connectivity index (χ1n) is 9.82. The standard InChI is InChI=1S/C21H25N5O2/c1-15-9-16(2)11-17(10-15)26-20-18(12-23-26)21(28)25(14-22-20)13-19(27)24-7-5-3-4-6-8-24/h9-12,14H,3-8,13H2,1-2H3. The number of hydrogen-bond donors (Lipinski definition) is 0. The molecular formula is C21H25N5O2. The van der Waals surface area contributed by atoms with E-state index in [1.54, 1.807) is 4.68 Å². The van der Waals surface area contributed by atoms with Gasteiger partial charge in [0.1, 0.15) is 18.3 Å². The normalized spacial score (nSPS) is 15.0. The van der Waals surface area contributed by atoms with E-state index in [2.05, 4.69) is 16.1 Å². The van der Waals surface area contributed by atoms with E-state index < -0.39 is 0 Å². The summed E-state index contributed by atoms with van der Waals surface area (Å²) in [5.41, 5.74) is 3.39. The van der Waals surface area contributed by atoms with Crippen LogP contribution >= 0.6 is 0 Å². The van der Waals surface area contributed by atoms with E-state index in [0.717, 1.165) is 55.6 Å². The van der Waals surface area contributed by atoms with Crippen LogP contribution in [0.5, 0.6) is 0 Å². The van der Waals surface area contributed by atoms with Gasteiger partial charge in [-0.15, -0.1) is 0 Å². The number of amides is 1. The van der Waals surface area contributed by atoms with Crippen LogP contribution in [0.2, 0.25) is 0 Å². The van der Waals surface area contributed by atoms with Gasteiger partial charge in [-0.2, -0.15) is 5.10 Å². The average Bonchev–Trinajstić information content (AvgIpc) is 2.90. The lowest BCUT2D eigenvalue weighted by Gasteiger charge is -2.20. The second-order valence-corrected chi connectivity index (χ2v) is 7.61. The third-order valence-corrected chi connectivity index (χ3v) is 5.27. The van der Waals surface area contributed by atoms with E-state index in [1.165, 1.54) is 17.1 Å². The molecular weight excluding hydrogens is 354 g/mol. The van der Waals surface area contributed by atoms with Crippen LogP contribution in [0.15, 0.2) is 35.5 Å². The fourth-order valence-corrected chi connectivity index (χ4v) is 3.89. The number of rotatable bonds is 3. The Balaban J connectivity index is 1.65. The monoisotopic (exact) mass is 379 g/mol. The van der Waals surface area contributed by atoms with Gasteiger partial charge in [-0.1, -0.05) is 18.9 Å². The number of aryl methyl sites for hydroxylation is 2. The Bertz CT molecular complexity index is 1050. The van der Waals surface area contributed by atoms with Crippen molar-refractivity contribution >= 4 is 16.9 Å². The van der Waals surface area contributed by atoms with Crippen molar-refractivity contribution < 1.29 is 4.79 Å². The minimum Gasteiger partial charge on any atom is -0.341 e. The molecule has 0 bridgehead atoms. The number of carbonyl (C=O) groups is 1. The van der Waals surface area contributed by atoms with Gasteiger partial charge in [0.2, 0.25) is 5.91 Å². The molecule has 7 nitrogen and oxygen atoms in total. The Labute approximate surface area is 163 Å². The van der Waals surface area contributed by atoms with Crippen LogP contribution in [-0.4, -0.2) is 43.2 Å². The van der Waals surface area contributed by atoms with Gasteiger partial charge >= 0.3 is 0 Å². The summed E-state index contributed by atoms with van der Waals surface area (Å²) in [7, 11) is 0. The number of fused-ring (bicyclic) bond motifs is 1. The maximum Gasteiger partial charge on any atom is 0.264 e. The highest BCUT2D eigenvalue weighted by Gasteiger charge is 2.18. The van der Waals surface area contributed by atoms with Crippen molar-refractivity contribution in [1.29, 1.82) is 0 Å². The van der Waals surface area contributed by atoms with Crippen molar-refractivity contribution in [3.63, 3.8) is 0 Å². The van der Waals surface area contributed by atoms with Gasteiger partial charge < -0.3 is 4.90 Å². The van der Waals surface area contributed by atoms with Gasteiger partial charge in [-0.3, -0.25) is 14.2 Å². The third-order valence-electron chi connectivity index (χ3n) is 5.27. The van der Waals surface area contributed by atoms with E-state index in [0.29, 0.717) is 11.0 Å². The summed E-state index contributed by atoms with van der Waals surface area (Å²) in [6, 6.07) is 6.11. The maximum absolute atomic E-state index is 12.9. The summed E-state index contributed by atoms with van der Waals surface area (Å²) in [6.45, 7) is 5.62. The van der Waals surface area contributed by atoms with Crippen LogP contribution in [-0.2, 0) is 11.3 Å². The number of carbonyl (C=O) groups excluding carboxylic acids is 1. The molecule has 0 N–H and O–H groups in total. The molecule has 1 aliphatic heterocycles. The third kappa shape index (κ3) is 3.56. The van der Waals surface area contributed by atoms with Crippen LogP contribution < -0.4 is 5.56 Å². The second-order valence-electron chi connectivity index (χ2n) is 7.61. The first kappa shape index (κ1) is 18.4. The molecule has 2 aromatic heterocycles. The quantitative estimate of drug-likeness (QED) is 0.701. The van der Waals surface area contributed by atoms with Gasteiger partial charge in [0.15, 0.2) is 5.65 Å². The Morgan fingerprint density at radius 1 is 1.04 bits per heavy atom. The van der Waals surface area contributed by atoms with Crippen molar-refractivity contribution in [3.8, 4) is 5.69 Å². The topological polar surface area (TPSA) is 73.0 Å². The highest BCUT2D eigenvalue weighted by atomic mass is 16.2. The van der Waals surface area contributed by atoms with Gasteiger partial charge in [0.25, 0.3) is 5.56 Å². The molecule has 0 spiro atoms. The van der Waals surface area contributed by atoms with E-state index in [1.807, 2.05) is 30.9 Å². The molecule has 0 atom stereocenters. The summed E-state index contributed by atoms with van der Waals surface area (Å²) in [6.07, 6.45) is 7.38. The molecule has 1 aromatic carbocycles. The SMILES string of the molecule is Cc1cc(C)cc(-n2ncc3c(=O)n(CC(=O)N4CCCCCC4)cnc32)c1. The first-order valence-corrected chi connectivity index (χ1v) is 9.82. The van der Waals surface area contributed by atoms with Crippen molar-refractivity contribution in [1.82, 2.24) is 24.2 Å². The summed E-state index contributed by atoms with van der Waals surface area (Å²) in [5.74, 6) is -0.0214. The van der Waals surface area contributed by atoms with Crippen LogP contribution in [0.3, 0.4) is 0 Å². The fraction of sp³-hybridized carbons (Fsp3) is 0.429. The lowest BCUT2D eigenvalue weighted by atomic mass is 10.1. The predicted molar refractivity (Wildman–Crippen MR) is 108 cm³/mol. The molecule has 0 unspecified atom stereocenters. The lowest BCUT2D eigenvalue weighted by Crippen LogP contribution is -2.37. The van der Waals surface area contributed by atoms with E-state index in [-0.39, 0.29) is 18.0 Å². The lowest BCUT2D eigenvalue weighted by molar-refractivity contribution is -0.131. The zero-order chi connectivity index (χ0) is 19.7. The molecule has 0 radical (unpaired) electrons. The predicted octanol–water partition coefficient (Wildman–Crippen LogP) is 2.60. The molecule has 7 heteroatoms. The second kappa shape index (κ2) is 7.58. The van der Waals surface area contributed by atoms with Crippen molar-refractivity contribution in [2.24, 2.45) is 0 Å². The molecule has 1 fully saturated rings. The molecule has 1 aliphatic rings. The van der Waals surface area contributed by atoms with Crippen LogP contribution in [0.4, 0.5) is 0 Å². The fourth-order valence-electron chi connectivity index (χ4n) is 3.89. The molecule has 4 rings (SSSR count).